The van der Waals surface area contributed by atoms with Crippen molar-refractivity contribution in [2.45, 2.75) is 57.2 Å². The van der Waals surface area contributed by atoms with Crippen molar-refractivity contribution in [2.75, 3.05) is 20.3 Å². The van der Waals surface area contributed by atoms with E-state index in [-0.39, 0.29) is 42.3 Å². The van der Waals surface area contributed by atoms with Gasteiger partial charge in [0.25, 0.3) is 0 Å². The molecular weight excluding hydrogens is 389 g/mol. The molecule has 162 valence electrons. The smallest absolute Gasteiger partial charge is 0.422 e. The molecule has 0 aliphatic heterocycles. The number of alkyl halides is 3. The molecular formula is C20H27F3N2O4. The molecule has 0 unspecified atom stereocenters. The Bertz CT molecular complexity index is 689. The molecule has 0 atom stereocenters. The first kappa shape index (κ1) is 22.8. The lowest BCUT2D eigenvalue weighted by Gasteiger charge is -2.22. The molecule has 6 nitrogen and oxygen atoms in total. The molecule has 2 amide bonds. The van der Waals surface area contributed by atoms with Gasteiger partial charge in [-0.2, -0.15) is 13.2 Å². The molecule has 0 aromatic heterocycles. The highest BCUT2D eigenvalue weighted by Crippen LogP contribution is 2.30. The number of carbonyl (C=O) groups excluding carboxylic acids is 2. The monoisotopic (exact) mass is 416 g/mol. The predicted octanol–water partition coefficient (Wildman–Crippen LogP) is 3.13. The van der Waals surface area contributed by atoms with Crippen LogP contribution in [-0.2, 0) is 16.0 Å². The molecule has 0 saturated heterocycles. The average Bonchev–Trinajstić information content (AvgIpc) is 2.69. The summed E-state index contributed by atoms with van der Waals surface area (Å²) in [5.74, 6) is -0.324. The van der Waals surface area contributed by atoms with Gasteiger partial charge < -0.3 is 20.1 Å². The van der Waals surface area contributed by atoms with E-state index in [1.807, 2.05) is 0 Å². The zero-order valence-electron chi connectivity index (χ0n) is 16.4. The Morgan fingerprint density at radius 2 is 1.83 bits per heavy atom. The number of benzene rings is 1. The van der Waals surface area contributed by atoms with Crippen LogP contribution in [0.3, 0.4) is 0 Å². The molecule has 1 aliphatic carbocycles. The number of aryl methyl sites for hydroxylation is 1. The van der Waals surface area contributed by atoms with Crippen molar-refractivity contribution in [1.82, 2.24) is 10.6 Å². The first-order valence-corrected chi connectivity index (χ1v) is 9.69. The zero-order valence-corrected chi connectivity index (χ0v) is 16.4. The van der Waals surface area contributed by atoms with Gasteiger partial charge in [0.15, 0.2) is 18.1 Å². The van der Waals surface area contributed by atoms with Crippen molar-refractivity contribution >= 4 is 11.8 Å². The molecule has 0 radical (unpaired) electrons. The Balaban J connectivity index is 1.75. The van der Waals surface area contributed by atoms with Crippen LogP contribution < -0.4 is 20.1 Å². The summed E-state index contributed by atoms with van der Waals surface area (Å²) in [7, 11) is 1.33. The van der Waals surface area contributed by atoms with E-state index in [4.69, 9.17) is 9.47 Å². The summed E-state index contributed by atoms with van der Waals surface area (Å²) >= 11 is 0. The summed E-state index contributed by atoms with van der Waals surface area (Å²) in [5.41, 5.74) is 0.711. The van der Waals surface area contributed by atoms with Crippen LogP contribution in [0.4, 0.5) is 13.2 Å². The molecule has 0 heterocycles. The lowest BCUT2D eigenvalue weighted by atomic mass is 9.95. The van der Waals surface area contributed by atoms with Gasteiger partial charge in [0, 0.05) is 12.5 Å². The summed E-state index contributed by atoms with van der Waals surface area (Å²) in [6, 6.07) is 4.69. The number of halogens is 3. The molecule has 0 spiro atoms. The highest BCUT2D eigenvalue weighted by atomic mass is 19.4. The van der Waals surface area contributed by atoms with Gasteiger partial charge in [-0.3, -0.25) is 9.59 Å². The second-order valence-electron chi connectivity index (χ2n) is 7.07. The number of hydrogen-bond acceptors (Lipinski definition) is 4. The van der Waals surface area contributed by atoms with E-state index < -0.39 is 12.8 Å². The van der Waals surface area contributed by atoms with E-state index in [1.54, 1.807) is 6.07 Å². The lowest BCUT2D eigenvalue weighted by Crippen LogP contribution is -2.42. The van der Waals surface area contributed by atoms with E-state index in [0.29, 0.717) is 12.0 Å². The van der Waals surface area contributed by atoms with Gasteiger partial charge in [0.1, 0.15) is 0 Å². The number of carbonyl (C=O) groups is 2. The van der Waals surface area contributed by atoms with E-state index in [1.165, 1.54) is 25.7 Å². The van der Waals surface area contributed by atoms with Gasteiger partial charge in [0.2, 0.25) is 11.8 Å². The topological polar surface area (TPSA) is 76.7 Å². The van der Waals surface area contributed by atoms with Crippen LogP contribution in [0.15, 0.2) is 18.2 Å². The van der Waals surface area contributed by atoms with Crippen LogP contribution in [0.5, 0.6) is 11.5 Å². The maximum atomic E-state index is 12.3. The largest absolute Gasteiger partial charge is 0.493 e. The normalized spacial score (nSPS) is 14.9. The van der Waals surface area contributed by atoms with Crippen LogP contribution >= 0.6 is 0 Å². The van der Waals surface area contributed by atoms with Crippen LogP contribution in [-0.4, -0.2) is 44.3 Å². The van der Waals surface area contributed by atoms with Crippen LogP contribution in [0.25, 0.3) is 0 Å². The second kappa shape index (κ2) is 10.9. The van der Waals surface area contributed by atoms with Crippen LogP contribution in [0, 0.1) is 0 Å². The Kier molecular flexibility index (Phi) is 8.60. The van der Waals surface area contributed by atoms with E-state index in [9.17, 15) is 22.8 Å². The van der Waals surface area contributed by atoms with Crippen molar-refractivity contribution in [2.24, 2.45) is 0 Å². The molecule has 2 N–H and O–H groups in total. The maximum absolute atomic E-state index is 12.3. The Hall–Kier alpha value is -2.45. The molecule has 29 heavy (non-hydrogen) atoms. The molecule has 1 aliphatic rings. The zero-order chi connectivity index (χ0) is 21.3. The number of amides is 2. The minimum atomic E-state index is -4.44. The third kappa shape index (κ3) is 8.62. The van der Waals surface area contributed by atoms with Gasteiger partial charge >= 0.3 is 6.18 Å². The Labute approximate surface area is 168 Å². The van der Waals surface area contributed by atoms with Crippen molar-refractivity contribution in [1.29, 1.82) is 0 Å². The van der Waals surface area contributed by atoms with Crippen molar-refractivity contribution < 1.29 is 32.2 Å². The van der Waals surface area contributed by atoms with Crippen LogP contribution in [0.1, 0.15) is 44.1 Å². The number of methoxy groups -OCH3 is 1. The molecule has 1 saturated carbocycles. The molecule has 9 heteroatoms. The fraction of sp³-hybridized carbons (Fsp3) is 0.600. The fourth-order valence-corrected chi connectivity index (χ4v) is 3.20. The third-order valence-corrected chi connectivity index (χ3v) is 4.68. The summed E-state index contributed by atoms with van der Waals surface area (Å²) in [4.78, 5) is 23.9. The molecule has 1 fully saturated rings. The summed E-state index contributed by atoms with van der Waals surface area (Å²) in [6.45, 7) is -1.48. The fourth-order valence-electron chi connectivity index (χ4n) is 3.20. The van der Waals surface area contributed by atoms with Gasteiger partial charge in [0.05, 0.1) is 13.7 Å². The van der Waals surface area contributed by atoms with Gasteiger partial charge in [-0.1, -0.05) is 25.3 Å². The van der Waals surface area contributed by atoms with Crippen molar-refractivity contribution in [3.05, 3.63) is 23.8 Å². The van der Waals surface area contributed by atoms with Gasteiger partial charge in [-0.05, 0) is 37.0 Å². The minimum Gasteiger partial charge on any atom is -0.493 e. The molecule has 2 rings (SSSR count). The number of hydrogen-bond donors (Lipinski definition) is 2. The highest BCUT2D eigenvalue weighted by molar-refractivity contribution is 5.84. The molecule has 1 aromatic rings. The first-order valence-electron chi connectivity index (χ1n) is 9.69. The van der Waals surface area contributed by atoms with Crippen molar-refractivity contribution in [3.8, 4) is 11.5 Å². The van der Waals surface area contributed by atoms with E-state index >= 15 is 0 Å². The minimum absolute atomic E-state index is 0.0163. The Morgan fingerprint density at radius 1 is 1.10 bits per heavy atom. The van der Waals surface area contributed by atoms with Crippen molar-refractivity contribution in [3.63, 3.8) is 0 Å². The highest BCUT2D eigenvalue weighted by Gasteiger charge is 2.29. The summed E-state index contributed by atoms with van der Waals surface area (Å²) in [6.07, 6.45) is 1.43. The van der Waals surface area contributed by atoms with Gasteiger partial charge in [-0.15, -0.1) is 0 Å². The summed E-state index contributed by atoms with van der Waals surface area (Å²) in [5, 5.41) is 5.51. The van der Waals surface area contributed by atoms with Gasteiger partial charge in [-0.25, -0.2) is 0 Å². The number of nitrogens with one attached hydrogen (secondary N) is 2. The maximum Gasteiger partial charge on any atom is 0.422 e. The number of ether oxygens (including phenoxy) is 2. The summed E-state index contributed by atoms with van der Waals surface area (Å²) < 4.78 is 46.7. The molecule has 0 bridgehead atoms. The number of rotatable bonds is 9. The average molecular weight is 416 g/mol. The van der Waals surface area contributed by atoms with E-state index in [0.717, 1.165) is 25.7 Å². The Morgan fingerprint density at radius 3 is 2.48 bits per heavy atom. The second-order valence-corrected chi connectivity index (χ2v) is 7.07. The molecule has 1 aromatic carbocycles. The standard InChI is InChI=1S/C20H27F3N2O4/c1-28-17-11-14(7-9-16(17)29-13-20(21,22)23)8-10-18(26)24-12-19(27)25-15-5-3-2-4-6-15/h7,9,11,15H,2-6,8,10,12-13H2,1H3,(H,24,26)(H,25,27). The van der Waals surface area contributed by atoms with Crippen LogP contribution in [0.2, 0.25) is 0 Å². The third-order valence-electron chi connectivity index (χ3n) is 4.68. The lowest BCUT2D eigenvalue weighted by molar-refractivity contribution is -0.153. The quantitative estimate of drug-likeness (QED) is 0.649. The SMILES string of the molecule is COc1cc(CCC(=O)NCC(=O)NC2CCCCC2)ccc1OCC(F)(F)F. The first-order chi connectivity index (χ1) is 13.8. The predicted molar refractivity (Wildman–Crippen MR) is 101 cm³/mol. The van der Waals surface area contributed by atoms with E-state index in [2.05, 4.69) is 10.6 Å².